The van der Waals surface area contributed by atoms with Gasteiger partial charge in [0.15, 0.2) is 0 Å². The van der Waals surface area contributed by atoms with Gasteiger partial charge in [-0.3, -0.25) is 14.9 Å². The number of nitro groups is 1. The number of para-hydroxylation sites is 1. The van der Waals surface area contributed by atoms with E-state index in [0.29, 0.717) is 18.5 Å². The van der Waals surface area contributed by atoms with E-state index < -0.39 is 4.92 Å². The molecule has 0 saturated carbocycles. The van der Waals surface area contributed by atoms with Gasteiger partial charge in [-0.05, 0) is 0 Å². The van der Waals surface area contributed by atoms with Crippen LogP contribution in [0.5, 0.6) is 0 Å². The van der Waals surface area contributed by atoms with Crippen LogP contribution in [0.1, 0.15) is 37.0 Å². The van der Waals surface area contributed by atoms with Gasteiger partial charge in [0.25, 0.3) is 5.69 Å². The lowest BCUT2D eigenvalue weighted by Gasteiger charge is -2.14. The van der Waals surface area contributed by atoms with Crippen molar-refractivity contribution >= 4 is 22.9 Å². The van der Waals surface area contributed by atoms with Crippen molar-refractivity contribution in [2.24, 2.45) is 0 Å². The molecule has 1 aromatic carbocycles. The van der Waals surface area contributed by atoms with E-state index in [4.69, 9.17) is 0 Å². The van der Waals surface area contributed by atoms with Crippen LogP contribution >= 0.6 is 11.3 Å². The van der Waals surface area contributed by atoms with Crippen molar-refractivity contribution in [1.82, 2.24) is 10.3 Å². The van der Waals surface area contributed by atoms with Crippen LogP contribution in [0.15, 0.2) is 29.6 Å². The number of thiazole rings is 1. The highest BCUT2D eigenvalue weighted by Crippen LogP contribution is 2.24. The van der Waals surface area contributed by atoms with E-state index in [2.05, 4.69) is 31.1 Å². The van der Waals surface area contributed by atoms with Crippen molar-refractivity contribution in [2.45, 2.75) is 39.0 Å². The highest BCUT2D eigenvalue weighted by molar-refractivity contribution is 7.09. The first-order valence-electron chi connectivity index (χ1n) is 7.71. The summed E-state index contributed by atoms with van der Waals surface area (Å²) >= 11 is 1.59. The molecule has 1 amide bonds. The summed E-state index contributed by atoms with van der Waals surface area (Å²) in [4.78, 5) is 27.1. The van der Waals surface area contributed by atoms with E-state index in [1.165, 1.54) is 6.07 Å². The molecule has 0 aliphatic heterocycles. The monoisotopic (exact) mass is 347 g/mol. The number of hydrogen-bond donors (Lipinski definition) is 1. The molecule has 0 spiro atoms. The lowest BCUT2D eigenvalue weighted by molar-refractivity contribution is -0.385. The lowest BCUT2D eigenvalue weighted by Crippen LogP contribution is -2.27. The van der Waals surface area contributed by atoms with E-state index >= 15 is 0 Å². The summed E-state index contributed by atoms with van der Waals surface area (Å²) in [5.41, 5.74) is 1.46. The van der Waals surface area contributed by atoms with Crippen molar-refractivity contribution in [3.63, 3.8) is 0 Å². The summed E-state index contributed by atoms with van der Waals surface area (Å²) in [5, 5.41) is 16.8. The number of carbonyl (C=O) groups excluding carboxylic acids is 1. The molecule has 7 heteroatoms. The summed E-state index contributed by atoms with van der Waals surface area (Å²) in [6.07, 6.45) is 0.658. The van der Waals surface area contributed by atoms with Gasteiger partial charge >= 0.3 is 0 Å². The molecular weight excluding hydrogens is 326 g/mol. The van der Waals surface area contributed by atoms with E-state index in [9.17, 15) is 14.9 Å². The molecule has 1 aromatic heterocycles. The minimum absolute atomic E-state index is 0.00225. The van der Waals surface area contributed by atoms with Crippen LogP contribution in [-0.4, -0.2) is 22.4 Å². The number of aromatic nitrogens is 1. The van der Waals surface area contributed by atoms with Crippen molar-refractivity contribution in [2.75, 3.05) is 6.54 Å². The fraction of sp³-hybridized carbons (Fsp3) is 0.412. The molecule has 0 saturated heterocycles. The minimum Gasteiger partial charge on any atom is -0.355 e. The molecule has 1 heterocycles. The molecule has 2 rings (SSSR count). The first-order valence-corrected chi connectivity index (χ1v) is 8.59. The van der Waals surface area contributed by atoms with Crippen molar-refractivity contribution in [3.8, 4) is 0 Å². The molecule has 24 heavy (non-hydrogen) atoms. The normalized spacial score (nSPS) is 11.3. The third-order valence-corrected chi connectivity index (χ3v) is 4.43. The molecular formula is C17H21N3O3S. The van der Waals surface area contributed by atoms with Crippen molar-refractivity contribution in [3.05, 3.63) is 56.0 Å². The van der Waals surface area contributed by atoms with Gasteiger partial charge < -0.3 is 5.32 Å². The molecule has 0 fully saturated rings. The molecule has 128 valence electrons. The Morgan fingerprint density at radius 2 is 2.04 bits per heavy atom. The van der Waals surface area contributed by atoms with E-state index in [1.54, 1.807) is 29.5 Å². The molecule has 0 atom stereocenters. The van der Waals surface area contributed by atoms with Gasteiger partial charge in [0.05, 0.1) is 22.0 Å². The zero-order chi connectivity index (χ0) is 17.7. The van der Waals surface area contributed by atoms with Crippen molar-refractivity contribution in [1.29, 1.82) is 0 Å². The number of hydrogen-bond acceptors (Lipinski definition) is 5. The zero-order valence-electron chi connectivity index (χ0n) is 14.0. The van der Waals surface area contributed by atoms with Gasteiger partial charge in [-0.15, -0.1) is 11.3 Å². The van der Waals surface area contributed by atoms with Crippen LogP contribution in [0.25, 0.3) is 0 Å². The highest BCUT2D eigenvalue weighted by Gasteiger charge is 2.18. The van der Waals surface area contributed by atoms with Crippen LogP contribution in [0, 0.1) is 10.1 Å². The Balaban J connectivity index is 1.86. The van der Waals surface area contributed by atoms with E-state index in [0.717, 1.165) is 10.7 Å². The van der Waals surface area contributed by atoms with Gasteiger partial charge in [-0.1, -0.05) is 39.0 Å². The molecule has 6 nitrogen and oxygen atoms in total. The average molecular weight is 347 g/mol. The second kappa shape index (κ2) is 7.53. The summed E-state index contributed by atoms with van der Waals surface area (Å²) in [6.45, 7) is 6.80. The summed E-state index contributed by atoms with van der Waals surface area (Å²) in [6, 6.07) is 6.30. The molecule has 0 aliphatic carbocycles. The molecule has 0 aliphatic rings. The maximum atomic E-state index is 12.0. The summed E-state index contributed by atoms with van der Waals surface area (Å²) in [7, 11) is 0. The molecule has 0 radical (unpaired) electrons. The molecule has 1 N–H and O–H groups in total. The summed E-state index contributed by atoms with van der Waals surface area (Å²) in [5.74, 6) is -0.225. The standard InChI is InChI=1S/C17H21N3O3S/c1-17(2,3)14-11-24-16(19-14)8-9-18-15(21)10-12-6-4-5-7-13(12)20(22)23/h4-7,11H,8-10H2,1-3H3,(H,18,21). The fourth-order valence-electron chi connectivity index (χ4n) is 2.15. The van der Waals surface area contributed by atoms with Crippen LogP contribution in [0.2, 0.25) is 0 Å². The molecule has 0 bridgehead atoms. The quantitative estimate of drug-likeness (QED) is 0.642. The SMILES string of the molecule is CC(C)(C)c1csc(CCNC(=O)Cc2ccccc2[N+](=O)[O-])n1. The predicted molar refractivity (Wildman–Crippen MR) is 94.3 cm³/mol. The molecule has 2 aromatic rings. The second-order valence-electron chi connectivity index (χ2n) is 6.54. The largest absolute Gasteiger partial charge is 0.355 e. The first kappa shape index (κ1) is 18.1. The average Bonchev–Trinajstić information content (AvgIpc) is 2.96. The number of benzene rings is 1. The fourth-order valence-corrected chi connectivity index (χ4v) is 3.18. The number of nitrogens with zero attached hydrogens (tertiary/aromatic N) is 2. The van der Waals surface area contributed by atoms with E-state index in [1.807, 2.05) is 5.38 Å². The Hall–Kier alpha value is -2.28. The zero-order valence-corrected chi connectivity index (χ0v) is 14.9. The van der Waals surface area contributed by atoms with Crippen LogP contribution in [0.3, 0.4) is 0 Å². The van der Waals surface area contributed by atoms with Crippen molar-refractivity contribution < 1.29 is 9.72 Å². The molecule has 0 unspecified atom stereocenters. The number of carbonyl (C=O) groups is 1. The second-order valence-corrected chi connectivity index (χ2v) is 7.48. The van der Waals surface area contributed by atoms with Crippen LogP contribution in [0.4, 0.5) is 5.69 Å². The highest BCUT2D eigenvalue weighted by atomic mass is 32.1. The van der Waals surface area contributed by atoms with Gasteiger partial charge in [0.1, 0.15) is 0 Å². The van der Waals surface area contributed by atoms with Gasteiger partial charge in [0, 0.05) is 35.4 Å². The number of amides is 1. The Morgan fingerprint density at radius 3 is 2.67 bits per heavy atom. The lowest BCUT2D eigenvalue weighted by atomic mass is 9.93. The summed E-state index contributed by atoms with van der Waals surface area (Å²) < 4.78 is 0. The van der Waals surface area contributed by atoms with E-state index in [-0.39, 0.29) is 23.4 Å². The Morgan fingerprint density at radius 1 is 1.33 bits per heavy atom. The third-order valence-electron chi connectivity index (χ3n) is 3.52. The van der Waals surface area contributed by atoms with Gasteiger partial charge in [0.2, 0.25) is 5.91 Å². The predicted octanol–water partition coefficient (Wildman–Crippen LogP) is 3.25. The van der Waals surface area contributed by atoms with Gasteiger partial charge in [-0.2, -0.15) is 0 Å². The van der Waals surface area contributed by atoms with Gasteiger partial charge in [-0.25, -0.2) is 4.98 Å². The first-order chi connectivity index (χ1) is 11.3. The van der Waals surface area contributed by atoms with Crippen LogP contribution in [-0.2, 0) is 23.1 Å². The number of nitro benzene ring substituents is 1. The van der Waals surface area contributed by atoms with Crippen LogP contribution < -0.4 is 5.32 Å². The topological polar surface area (TPSA) is 85.1 Å². The maximum absolute atomic E-state index is 12.0. The number of rotatable bonds is 6. The smallest absolute Gasteiger partial charge is 0.273 e. The minimum atomic E-state index is -0.466. The Kier molecular flexibility index (Phi) is 5.66. The Labute approximate surface area is 145 Å². The maximum Gasteiger partial charge on any atom is 0.273 e. The Bertz CT molecular complexity index is 735. The number of nitrogens with one attached hydrogen (secondary N) is 1. The third kappa shape index (κ3) is 4.86.